The summed E-state index contributed by atoms with van der Waals surface area (Å²) in [5.74, 6) is -0.177. The second kappa shape index (κ2) is 6.52. The van der Waals surface area contributed by atoms with Gasteiger partial charge < -0.3 is 9.47 Å². The molecule has 1 aromatic carbocycles. The molecule has 4 nitrogen and oxygen atoms in total. The van der Waals surface area contributed by atoms with E-state index in [2.05, 4.69) is 17.0 Å². The van der Waals surface area contributed by atoms with Gasteiger partial charge in [0.15, 0.2) is 0 Å². The Kier molecular flexibility index (Phi) is 4.73. The number of hydrogen-bond acceptors (Lipinski definition) is 4. The third-order valence-corrected chi connectivity index (χ3v) is 3.21. The molecule has 0 aliphatic carbocycles. The lowest BCUT2D eigenvalue weighted by Gasteiger charge is -2.35. The zero-order chi connectivity index (χ0) is 12.8. The van der Waals surface area contributed by atoms with Crippen LogP contribution in [0, 0.1) is 0 Å². The number of ether oxygens (including phenoxy) is 2. The molecule has 0 spiro atoms. The molecule has 0 amide bonds. The second-order valence-corrected chi connectivity index (χ2v) is 4.47. The average molecular weight is 249 g/mol. The summed E-state index contributed by atoms with van der Waals surface area (Å²) in [5.41, 5.74) is 1.26. The quantitative estimate of drug-likeness (QED) is 0.757. The van der Waals surface area contributed by atoms with Crippen LogP contribution in [0.15, 0.2) is 30.3 Å². The number of rotatable bonds is 4. The van der Waals surface area contributed by atoms with Crippen molar-refractivity contribution in [3.8, 4) is 0 Å². The van der Waals surface area contributed by atoms with Gasteiger partial charge in [-0.3, -0.25) is 9.69 Å². The normalized spacial score (nSPS) is 20.6. The van der Waals surface area contributed by atoms with Crippen molar-refractivity contribution >= 4 is 5.97 Å². The van der Waals surface area contributed by atoms with E-state index in [0.29, 0.717) is 13.0 Å². The Morgan fingerprint density at radius 2 is 2.22 bits per heavy atom. The van der Waals surface area contributed by atoms with Crippen LogP contribution in [-0.4, -0.2) is 43.8 Å². The maximum atomic E-state index is 11.4. The number of esters is 1. The van der Waals surface area contributed by atoms with Crippen molar-refractivity contribution in [2.45, 2.75) is 19.0 Å². The first-order chi connectivity index (χ1) is 8.79. The van der Waals surface area contributed by atoms with E-state index in [9.17, 15) is 4.79 Å². The lowest BCUT2D eigenvalue weighted by molar-refractivity contribution is -0.144. The minimum Gasteiger partial charge on any atom is -0.469 e. The first kappa shape index (κ1) is 13.1. The minimum absolute atomic E-state index is 0.117. The van der Waals surface area contributed by atoms with Crippen molar-refractivity contribution in [3.05, 3.63) is 35.9 Å². The molecule has 0 N–H and O–H groups in total. The smallest absolute Gasteiger partial charge is 0.307 e. The Hall–Kier alpha value is -1.39. The Balaban J connectivity index is 1.97. The van der Waals surface area contributed by atoms with Crippen molar-refractivity contribution in [1.82, 2.24) is 4.90 Å². The van der Waals surface area contributed by atoms with Crippen molar-refractivity contribution in [3.63, 3.8) is 0 Å². The van der Waals surface area contributed by atoms with E-state index in [1.165, 1.54) is 12.7 Å². The molecule has 1 atom stereocenters. The molecular weight excluding hydrogens is 230 g/mol. The molecular formula is C14H19NO3. The Bertz CT molecular complexity index is 380. The third kappa shape index (κ3) is 3.55. The number of methoxy groups -OCH3 is 1. The largest absolute Gasteiger partial charge is 0.469 e. The fraction of sp³-hybridized carbons (Fsp3) is 0.500. The van der Waals surface area contributed by atoms with Gasteiger partial charge in [0, 0.05) is 19.1 Å². The molecule has 4 heteroatoms. The van der Waals surface area contributed by atoms with Crippen molar-refractivity contribution < 1.29 is 14.3 Å². The lowest BCUT2D eigenvalue weighted by Crippen LogP contribution is -2.46. The fourth-order valence-corrected chi connectivity index (χ4v) is 2.18. The van der Waals surface area contributed by atoms with Crippen LogP contribution in [0.2, 0.25) is 0 Å². The molecule has 1 aliphatic rings. The van der Waals surface area contributed by atoms with Gasteiger partial charge in [-0.25, -0.2) is 0 Å². The number of nitrogens with zero attached hydrogens (tertiary/aromatic N) is 1. The number of hydrogen-bond donors (Lipinski definition) is 0. The third-order valence-electron chi connectivity index (χ3n) is 3.21. The van der Waals surface area contributed by atoms with E-state index in [1.54, 1.807) is 0 Å². The van der Waals surface area contributed by atoms with Gasteiger partial charge in [-0.05, 0) is 5.56 Å². The maximum absolute atomic E-state index is 11.4. The zero-order valence-corrected chi connectivity index (χ0v) is 10.7. The summed E-state index contributed by atoms with van der Waals surface area (Å²) in [6.45, 7) is 3.04. The van der Waals surface area contributed by atoms with Gasteiger partial charge in [0.2, 0.25) is 0 Å². The summed E-state index contributed by atoms with van der Waals surface area (Å²) in [6, 6.07) is 10.4. The van der Waals surface area contributed by atoms with Crippen LogP contribution in [0.1, 0.15) is 12.0 Å². The van der Waals surface area contributed by atoms with Crippen LogP contribution in [0.4, 0.5) is 0 Å². The molecule has 1 saturated heterocycles. The standard InChI is InChI=1S/C14H19NO3/c1-17-14(16)9-13-11-18-8-7-15(13)10-12-5-3-2-4-6-12/h2-6,13H,7-11H2,1H3/t13-/m0/s1. The van der Waals surface area contributed by atoms with Crippen LogP contribution in [-0.2, 0) is 20.8 Å². The van der Waals surface area contributed by atoms with Crippen LogP contribution in [0.3, 0.4) is 0 Å². The van der Waals surface area contributed by atoms with E-state index in [0.717, 1.165) is 19.7 Å². The van der Waals surface area contributed by atoms with E-state index in [4.69, 9.17) is 9.47 Å². The Morgan fingerprint density at radius 1 is 1.44 bits per heavy atom. The topological polar surface area (TPSA) is 38.8 Å². The highest BCUT2D eigenvalue weighted by molar-refractivity contribution is 5.69. The maximum Gasteiger partial charge on any atom is 0.307 e. The minimum atomic E-state index is -0.177. The molecule has 18 heavy (non-hydrogen) atoms. The van der Waals surface area contributed by atoms with Crippen LogP contribution >= 0.6 is 0 Å². The van der Waals surface area contributed by atoms with Gasteiger partial charge in [0.25, 0.3) is 0 Å². The Labute approximate surface area is 107 Å². The van der Waals surface area contributed by atoms with Crippen molar-refractivity contribution in [2.24, 2.45) is 0 Å². The molecule has 0 saturated carbocycles. The van der Waals surface area contributed by atoms with E-state index >= 15 is 0 Å². The first-order valence-corrected chi connectivity index (χ1v) is 6.22. The Morgan fingerprint density at radius 3 is 2.94 bits per heavy atom. The molecule has 1 fully saturated rings. The summed E-state index contributed by atoms with van der Waals surface area (Å²) in [6.07, 6.45) is 0.392. The number of carbonyl (C=O) groups is 1. The van der Waals surface area contributed by atoms with Gasteiger partial charge in [-0.15, -0.1) is 0 Å². The average Bonchev–Trinajstić information content (AvgIpc) is 2.42. The van der Waals surface area contributed by atoms with Crippen LogP contribution in [0.5, 0.6) is 0 Å². The molecule has 98 valence electrons. The molecule has 0 bridgehead atoms. The van der Waals surface area contributed by atoms with Gasteiger partial charge in [0.05, 0.1) is 26.7 Å². The molecule has 0 aromatic heterocycles. The molecule has 0 radical (unpaired) electrons. The summed E-state index contributed by atoms with van der Waals surface area (Å²) >= 11 is 0. The molecule has 1 aromatic rings. The SMILES string of the molecule is COC(=O)C[C@H]1COCCN1Cc1ccccc1. The van der Waals surface area contributed by atoms with Gasteiger partial charge in [-0.2, -0.15) is 0 Å². The van der Waals surface area contributed by atoms with Crippen molar-refractivity contribution in [2.75, 3.05) is 26.9 Å². The summed E-state index contributed by atoms with van der Waals surface area (Å²) < 4.78 is 10.2. The number of carbonyl (C=O) groups excluding carboxylic acids is 1. The summed E-state index contributed by atoms with van der Waals surface area (Å²) in [7, 11) is 1.42. The number of morpholine rings is 1. The van der Waals surface area contributed by atoms with Crippen molar-refractivity contribution in [1.29, 1.82) is 0 Å². The van der Waals surface area contributed by atoms with Gasteiger partial charge in [-0.1, -0.05) is 30.3 Å². The van der Waals surface area contributed by atoms with E-state index in [-0.39, 0.29) is 12.0 Å². The van der Waals surface area contributed by atoms with Crippen LogP contribution < -0.4 is 0 Å². The highest BCUT2D eigenvalue weighted by Crippen LogP contribution is 2.15. The molecule has 1 heterocycles. The fourth-order valence-electron chi connectivity index (χ4n) is 2.18. The first-order valence-electron chi connectivity index (χ1n) is 6.22. The van der Waals surface area contributed by atoms with E-state index in [1.807, 2.05) is 18.2 Å². The summed E-state index contributed by atoms with van der Waals surface area (Å²) in [5, 5.41) is 0. The lowest BCUT2D eigenvalue weighted by atomic mass is 10.1. The molecule has 2 rings (SSSR count). The molecule has 0 unspecified atom stereocenters. The van der Waals surface area contributed by atoms with Crippen LogP contribution in [0.25, 0.3) is 0 Å². The summed E-state index contributed by atoms with van der Waals surface area (Å²) in [4.78, 5) is 13.7. The predicted octanol–water partition coefficient (Wildman–Crippen LogP) is 1.45. The van der Waals surface area contributed by atoms with E-state index < -0.39 is 0 Å². The van der Waals surface area contributed by atoms with Gasteiger partial charge >= 0.3 is 5.97 Å². The predicted molar refractivity (Wildman–Crippen MR) is 68.1 cm³/mol. The highest BCUT2D eigenvalue weighted by Gasteiger charge is 2.25. The monoisotopic (exact) mass is 249 g/mol. The number of benzene rings is 1. The zero-order valence-electron chi connectivity index (χ0n) is 10.7. The second-order valence-electron chi connectivity index (χ2n) is 4.47. The highest BCUT2D eigenvalue weighted by atomic mass is 16.5. The van der Waals surface area contributed by atoms with Gasteiger partial charge in [0.1, 0.15) is 0 Å². The molecule has 1 aliphatic heterocycles.